The molecule has 2 nitrogen and oxygen atoms in total. The maximum Gasteiger partial charge on any atom is 0.0660 e. The van der Waals surface area contributed by atoms with E-state index in [1.807, 2.05) is 0 Å². The van der Waals surface area contributed by atoms with E-state index in [0.29, 0.717) is 6.17 Å². The van der Waals surface area contributed by atoms with Gasteiger partial charge in [0.1, 0.15) is 0 Å². The van der Waals surface area contributed by atoms with E-state index in [-0.39, 0.29) is 9.52 Å². The van der Waals surface area contributed by atoms with Crippen LogP contribution in [0.15, 0.2) is 12.2 Å². The summed E-state index contributed by atoms with van der Waals surface area (Å²) in [6.07, 6.45) is 8.93. The highest BCUT2D eigenvalue weighted by molar-refractivity contribution is 6.36. The minimum atomic E-state index is 0.141. The second kappa shape index (κ2) is 8.23. The number of rotatable bonds is 8. The topological polar surface area (TPSA) is 6.48 Å². The Morgan fingerprint density at radius 1 is 1.05 bits per heavy atom. The van der Waals surface area contributed by atoms with Crippen molar-refractivity contribution < 1.29 is 0 Å². The van der Waals surface area contributed by atoms with Crippen molar-refractivity contribution >= 4 is 9.52 Å². The van der Waals surface area contributed by atoms with Crippen molar-refractivity contribution in [3.63, 3.8) is 0 Å². The first-order valence-corrected chi connectivity index (χ1v) is 10.5. The van der Waals surface area contributed by atoms with Gasteiger partial charge in [-0.3, -0.25) is 9.80 Å². The van der Waals surface area contributed by atoms with Gasteiger partial charge >= 0.3 is 0 Å². The SMILES string of the molecule is C=C(C[SiH2]CCC)CC(N1CCCC1)N1CCCC1. The average molecular weight is 281 g/mol. The van der Waals surface area contributed by atoms with E-state index in [2.05, 4.69) is 23.3 Å². The van der Waals surface area contributed by atoms with Crippen molar-refractivity contribution in [2.75, 3.05) is 26.2 Å². The van der Waals surface area contributed by atoms with E-state index < -0.39 is 0 Å². The lowest BCUT2D eigenvalue weighted by molar-refractivity contribution is 0.0796. The molecule has 0 atom stereocenters. The van der Waals surface area contributed by atoms with Gasteiger partial charge in [-0.2, -0.15) is 0 Å². The van der Waals surface area contributed by atoms with Crippen LogP contribution in [0.5, 0.6) is 0 Å². The highest BCUT2D eigenvalue weighted by Crippen LogP contribution is 2.24. The maximum atomic E-state index is 4.39. The fraction of sp³-hybridized carbons (Fsp3) is 0.875. The predicted octanol–water partition coefficient (Wildman–Crippen LogP) is 2.87. The van der Waals surface area contributed by atoms with E-state index in [1.165, 1.54) is 76.8 Å². The zero-order valence-electron chi connectivity index (χ0n) is 12.9. The molecule has 0 bridgehead atoms. The number of likely N-dealkylation sites (tertiary alicyclic amines) is 2. The zero-order chi connectivity index (χ0) is 13.5. The predicted molar refractivity (Wildman–Crippen MR) is 87.6 cm³/mol. The molecular weight excluding hydrogens is 248 g/mol. The van der Waals surface area contributed by atoms with Gasteiger partial charge in [0.15, 0.2) is 0 Å². The van der Waals surface area contributed by atoms with Crippen molar-refractivity contribution in [1.29, 1.82) is 0 Å². The molecule has 0 unspecified atom stereocenters. The normalized spacial score (nSPS) is 22.2. The molecule has 3 heteroatoms. The second-order valence-corrected chi connectivity index (χ2v) is 8.29. The molecule has 2 aliphatic heterocycles. The minimum absolute atomic E-state index is 0.141. The Morgan fingerprint density at radius 3 is 2.05 bits per heavy atom. The summed E-state index contributed by atoms with van der Waals surface area (Å²) < 4.78 is 0. The van der Waals surface area contributed by atoms with Crippen LogP contribution >= 0.6 is 0 Å². The van der Waals surface area contributed by atoms with Crippen LogP contribution in [-0.2, 0) is 0 Å². The molecule has 2 saturated heterocycles. The Balaban J connectivity index is 1.83. The monoisotopic (exact) mass is 280 g/mol. The van der Waals surface area contributed by atoms with Gasteiger partial charge in [-0.05, 0) is 64.3 Å². The lowest BCUT2D eigenvalue weighted by atomic mass is 10.1. The quantitative estimate of drug-likeness (QED) is 0.383. The van der Waals surface area contributed by atoms with E-state index in [4.69, 9.17) is 0 Å². The lowest BCUT2D eigenvalue weighted by Gasteiger charge is -2.35. The molecule has 0 N–H and O–H groups in total. The van der Waals surface area contributed by atoms with Crippen LogP contribution in [0.25, 0.3) is 0 Å². The molecule has 0 spiro atoms. The van der Waals surface area contributed by atoms with Gasteiger partial charge in [0.25, 0.3) is 0 Å². The Kier molecular flexibility index (Phi) is 6.61. The Hall–Kier alpha value is -0.123. The summed E-state index contributed by atoms with van der Waals surface area (Å²) in [5.74, 6) is 0. The van der Waals surface area contributed by atoms with Crippen LogP contribution in [0.1, 0.15) is 45.4 Å². The molecule has 2 fully saturated rings. The fourth-order valence-corrected chi connectivity index (χ4v) is 5.01. The molecule has 0 radical (unpaired) electrons. The zero-order valence-corrected chi connectivity index (χ0v) is 14.3. The first-order valence-electron chi connectivity index (χ1n) is 8.46. The largest absolute Gasteiger partial charge is 0.288 e. The minimum Gasteiger partial charge on any atom is -0.288 e. The molecule has 0 amide bonds. The van der Waals surface area contributed by atoms with Gasteiger partial charge in [-0.15, -0.1) is 6.58 Å². The van der Waals surface area contributed by atoms with Crippen LogP contribution in [0.4, 0.5) is 0 Å². The van der Waals surface area contributed by atoms with Crippen molar-refractivity contribution in [2.24, 2.45) is 0 Å². The van der Waals surface area contributed by atoms with E-state index in [1.54, 1.807) is 5.57 Å². The van der Waals surface area contributed by atoms with Crippen molar-refractivity contribution in [3.05, 3.63) is 12.2 Å². The van der Waals surface area contributed by atoms with E-state index in [0.717, 1.165) is 0 Å². The van der Waals surface area contributed by atoms with Gasteiger partial charge in [0.05, 0.1) is 6.17 Å². The first-order chi connectivity index (χ1) is 9.31. The average Bonchev–Trinajstić information content (AvgIpc) is 3.09. The molecule has 0 saturated carbocycles. The smallest absolute Gasteiger partial charge is 0.0660 e. The van der Waals surface area contributed by atoms with Crippen LogP contribution < -0.4 is 0 Å². The summed E-state index contributed by atoms with van der Waals surface area (Å²) in [5, 5.41) is 0. The van der Waals surface area contributed by atoms with Gasteiger partial charge in [-0.25, -0.2) is 0 Å². The van der Waals surface area contributed by atoms with Crippen molar-refractivity contribution in [1.82, 2.24) is 9.80 Å². The summed E-state index contributed by atoms with van der Waals surface area (Å²) in [6, 6.07) is 2.88. The Morgan fingerprint density at radius 2 is 1.58 bits per heavy atom. The lowest BCUT2D eigenvalue weighted by Crippen LogP contribution is -2.46. The molecule has 19 heavy (non-hydrogen) atoms. The summed E-state index contributed by atoms with van der Waals surface area (Å²) in [4.78, 5) is 5.47. The number of hydrogen-bond acceptors (Lipinski definition) is 2. The van der Waals surface area contributed by atoms with Crippen molar-refractivity contribution in [2.45, 2.75) is 63.7 Å². The van der Waals surface area contributed by atoms with Gasteiger partial charge < -0.3 is 0 Å². The highest BCUT2D eigenvalue weighted by atomic mass is 28.2. The third-order valence-corrected chi connectivity index (χ3v) is 7.00. The third-order valence-electron chi connectivity index (χ3n) is 4.73. The van der Waals surface area contributed by atoms with E-state index in [9.17, 15) is 0 Å². The number of nitrogens with zero attached hydrogens (tertiary/aromatic N) is 2. The van der Waals surface area contributed by atoms with Crippen molar-refractivity contribution in [3.8, 4) is 0 Å². The summed E-state index contributed by atoms with van der Waals surface area (Å²) in [6.45, 7) is 12.0. The highest BCUT2D eigenvalue weighted by Gasteiger charge is 2.29. The van der Waals surface area contributed by atoms with Gasteiger partial charge in [0.2, 0.25) is 0 Å². The standard InChI is InChI=1S/C16H32N2Si/c1-3-12-19-14-15(2)13-16(17-8-4-5-9-17)18-10-6-7-11-18/h16H,2-14,19H2,1H3. The summed E-state index contributed by atoms with van der Waals surface area (Å²) in [7, 11) is 0.141. The first kappa shape index (κ1) is 15.3. The van der Waals surface area contributed by atoms with Crippen LogP contribution in [0.3, 0.4) is 0 Å². The molecule has 0 aromatic rings. The van der Waals surface area contributed by atoms with Gasteiger partial charge in [-0.1, -0.05) is 25.0 Å². The van der Waals surface area contributed by atoms with Gasteiger partial charge in [0, 0.05) is 9.52 Å². The van der Waals surface area contributed by atoms with Crippen LogP contribution in [-0.4, -0.2) is 51.7 Å². The third kappa shape index (κ3) is 4.73. The molecule has 0 aromatic heterocycles. The Bertz CT molecular complexity index is 252. The summed E-state index contributed by atoms with van der Waals surface area (Å²) >= 11 is 0. The number of hydrogen-bond donors (Lipinski definition) is 0. The molecule has 110 valence electrons. The van der Waals surface area contributed by atoms with Crippen LogP contribution in [0, 0.1) is 0 Å². The Labute approximate surface area is 122 Å². The van der Waals surface area contributed by atoms with E-state index >= 15 is 0 Å². The molecule has 2 rings (SSSR count). The summed E-state index contributed by atoms with van der Waals surface area (Å²) in [5.41, 5.74) is 1.55. The second-order valence-electron chi connectivity index (χ2n) is 6.38. The van der Waals surface area contributed by atoms with Crippen LogP contribution in [0.2, 0.25) is 12.1 Å². The molecule has 0 aliphatic carbocycles. The maximum absolute atomic E-state index is 4.39. The molecule has 2 aliphatic rings. The fourth-order valence-electron chi connectivity index (χ4n) is 3.55. The molecule has 2 heterocycles. The molecule has 0 aromatic carbocycles. The molecular formula is C16H32N2Si.